The molecule has 5 heteroatoms. The summed E-state index contributed by atoms with van der Waals surface area (Å²) in [5, 5.41) is 29.9. The van der Waals surface area contributed by atoms with Crippen LogP contribution in [0.2, 0.25) is 0 Å². The molecule has 5 nitrogen and oxygen atoms in total. The summed E-state index contributed by atoms with van der Waals surface area (Å²) >= 11 is 0. The van der Waals surface area contributed by atoms with E-state index in [4.69, 9.17) is 10.5 Å². The fourth-order valence-electron chi connectivity index (χ4n) is 2.17. The number of para-hydroxylation sites is 1. The van der Waals surface area contributed by atoms with Crippen LogP contribution in [0, 0.1) is 34.0 Å². The number of nitrogens with zero attached hydrogens (tertiary/aromatic N) is 3. The van der Waals surface area contributed by atoms with Crippen molar-refractivity contribution >= 4 is 11.5 Å². The number of rotatable bonds is 4. The second-order valence-electron chi connectivity index (χ2n) is 4.89. The van der Waals surface area contributed by atoms with E-state index in [0.29, 0.717) is 11.3 Å². The first kappa shape index (κ1) is 16.5. The van der Waals surface area contributed by atoms with Gasteiger partial charge >= 0.3 is 0 Å². The van der Waals surface area contributed by atoms with Gasteiger partial charge in [-0.25, -0.2) is 0 Å². The average Bonchev–Trinajstić information content (AvgIpc) is 2.62. The van der Waals surface area contributed by atoms with E-state index in [0.717, 1.165) is 11.1 Å². The molecule has 0 aliphatic carbocycles. The Morgan fingerprint density at radius 3 is 2.29 bits per heavy atom. The second-order valence-corrected chi connectivity index (χ2v) is 4.89. The van der Waals surface area contributed by atoms with Gasteiger partial charge in [0.1, 0.15) is 23.9 Å². The lowest BCUT2D eigenvalue weighted by Crippen LogP contribution is -2.02. The van der Waals surface area contributed by atoms with Crippen LogP contribution in [-0.4, -0.2) is 5.78 Å². The van der Waals surface area contributed by atoms with E-state index in [2.05, 4.69) is 5.32 Å². The summed E-state index contributed by atoms with van der Waals surface area (Å²) in [4.78, 5) is 11.6. The molecule has 0 aromatic heterocycles. The van der Waals surface area contributed by atoms with Gasteiger partial charge in [0.25, 0.3) is 0 Å². The molecule has 0 atom stereocenters. The van der Waals surface area contributed by atoms with Gasteiger partial charge in [-0.2, -0.15) is 15.8 Å². The van der Waals surface area contributed by atoms with Crippen LogP contribution >= 0.6 is 0 Å². The summed E-state index contributed by atoms with van der Waals surface area (Å²) in [6.45, 7) is 1.49. The van der Waals surface area contributed by atoms with Crippen molar-refractivity contribution in [3.05, 3.63) is 65.4 Å². The van der Waals surface area contributed by atoms with E-state index in [1.807, 2.05) is 24.3 Å². The Morgan fingerprint density at radius 2 is 1.67 bits per heavy atom. The maximum atomic E-state index is 11.6. The van der Waals surface area contributed by atoms with Gasteiger partial charge in [0.05, 0.1) is 0 Å². The van der Waals surface area contributed by atoms with Crippen molar-refractivity contribution in [1.29, 1.82) is 15.8 Å². The number of Topliss-reactive ketones (excluding diaryl/α,β-unsaturated/α-hetero) is 1. The smallest absolute Gasteiger partial charge is 0.163 e. The minimum atomic E-state index is -0.287. The van der Waals surface area contributed by atoms with Crippen LogP contribution in [0.5, 0.6) is 0 Å². The van der Waals surface area contributed by atoms with Crippen molar-refractivity contribution in [1.82, 2.24) is 0 Å². The molecule has 0 radical (unpaired) electrons. The third-order valence-corrected chi connectivity index (χ3v) is 3.35. The summed E-state index contributed by atoms with van der Waals surface area (Å²) in [6.07, 6.45) is 0. The van der Waals surface area contributed by atoms with Crippen molar-refractivity contribution in [3.63, 3.8) is 0 Å². The lowest BCUT2D eigenvalue weighted by Gasteiger charge is -2.12. The molecule has 0 heterocycles. The normalized spacial score (nSPS) is 9.08. The highest BCUT2D eigenvalue weighted by atomic mass is 16.1. The molecule has 2 rings (SSSR count). The first-order chi connectivity index (χ1) is 11.6. The fraction of sp³-hybridized carbons (Fsp3) is 0.0526. The van der Waals surface area contributed by atoms with E-state index < -0.39 is 0 Å². The number of anilines is 1. The third kappa shape index (κ3) is 3.47. The number of hydrogen-bond acceptors (Lipinski definition) is 5. The molecule has 0 saturated heterocycles. The Balaban J connectivity index is 2.54. The minimum Gasteiger partial charge on any atom is -0.345 e. The van der Waals surface area contributed by atoms with Gasteiger partial charge in [-0.3, -0.25) is 4.79 Å². The van der Waals surface area contributed by atoms with Crippen molar-refractivity contribution in [3.8, 4) is 29.3 Å². The Bertz CT molecular complexity index is 936. The number of carbonyl (C=O) groups excluding carboxylic acids is 1. The molecule has 0 amide bonds. The van der Waals surface area contributed by atoms with Gasteiger partial charge in [0, 0.05) is 16.8 Å². The predicted octanol–water partition coefficient (Wildman–Crippen LogP) is 3.79. The van der Waals surface area contributed by atoms with Gasteiger partial charge < -0.3 is 5.32 Å². The lowest BCUT2D eigenvalue weighted by atomic mass is 10.00. The first-order valence-corrected chi connectivity index (χ1v) is 7.02. The number of hydrogen-bond donors (Lipinski definition) is 1. The molecule has 0 aliphatic rings. The minimum absolute atomic E-state index is 0.0452. The third-order valence-electron chi connectivity index (χ3n) is 3.35. The van der Waals surface area contributed by atoms with Gasteiger partial charge in [-0.15, -0.1) is 0 Å². The highest BCUT2D eigenvalue weighted by Gasteiger charge is 2.11. The summed E-state index contributed by atoms with van der Waals surface area (Å²) < 4.78 is 0. The van der Waals surface area contributed by atoms with E-state index in [9.17, 15) is 10.1 Å². The molecule has 2 aromatic rings. The molecule has 2 aromatic carbocycles. The molecule has 0 bridgehead atoms. The van der Waals surface area contributed by atoms with Crippen LogP contribution in [-0.2, 0) is 0 Å². The predicted molar refractivity (Wildman–Crippen MR) is 89.4 cm³/mol. The number of allylic oxidation sites excluding steroid dienone is 2. The van der Waals surface area contributed by atoms with Crippen molar-refractivity contribution in [2.75, 3.05) is 5.32 Å². The van der Waals surface area contributed by atoms with Crippen LogP contribution in [0.4, 0.5) is 5.69 Å². The first-order valence-electron chi connectivity index (χ1n) is 7.02. The van der Waals surface area contributed by atoms with Crippen LogP contribution in [0.1, 0.15) is 17.3 Å². The quantitative estimate of drug-likeness (QED) is 0.683. The highest BCUT2D eigenvalue weighted by Crippen LogP contribution is 2.29. The van der Waals surface area contributed by atoms with Crippen molar-refractivity contribution < 1.29 is 4.79 Å². The molecule has 0 spiro atoms. The summed E-state index contributed by atoms with van der Waals surface area (Å²) in [5.74, 6) is -0.0452. The monoisotopic (exact) mass is 312 g/mol. The zero-order valence-corrected chi connectivity index (χ0v) is 12.9. The van der Waals surface area contributed by atoms with Gasteiger partial charge in [0.15, 0.2) is 11.4 Å². The lowest BCUT2D eigenvalue weighted by molar-refractivity contribution is 0.101. The number of nitrogens with one attached hydrogen (secondary N) is 1. The Hall–Kier alpha value is -3.88. The van der Waals surface area contributed by atoms with Crippen LogP contribution in [0.3, 0.4) is 0 Å². The van der Waals surface area contributed by atoms with Crippen molar-refractivity contribution in [2.45, 2.75) is 6.92 Å². The summed E-state index contributed by atoms with van der Waals surface area (Å²) in [6, 6.07) is 19.5. The number of carbonyl (C=O) groups is 1. The molecule has 114 valence electrons. The van der Waals surface area contributed by atoms with Crippen LogP contribution in [0.25, 0.3) is 11.1 Å². The average molecular weight is 312 g/mol. The van der Waals surface area contributed by atoms with E-state index in [1.54, 1.807) is 42.5 Å². The number of nitriles is 3. The number of benzene rings is 2. The molecule has 24 heavy (non-hydrogen) atoms. The molecule has 0 saturated carbocycles. The Labute approximate surface area is 139 Å². The second kappa shape index (κ2) is 7.40. The van der Waals surface area contributed by atoms with Crippen molar-refractivity contribution in [2.24, 2.45) is 0 Å². The Kier molecular flexibility index (Phi) is 5.09. The van der Waals surface area contributed by atoms with Gasteiger partial charge in [-0.1, -0.05) is 36.4 Å². The highest BCUT2D eigenvalue weighted by molar-refractivity contribution is 5.96. The van der Waals surface area contributed by atoms with E-state index in [1.165, 1.54) is 6.92 Å². The zero-order chi connectivity index (χ0) is 17.5. The number of ketones is 1. The maximum absolute atomic E-state index is 11.6. The largest absolute Gasteiger partial charge is 0.345 e. The van der Waals surface area contributed by atoms with E-state index >= 15 is 0 Å². The van der Waals surface area contributed by atoms with Gasteiger partial charge in [-0.05, 0) is 24.6 Å². The van der Waals surface area contributed by atoms with Crippen LogP contribution < -0.4 is 5.32 Å². The fourth-order valence-corrected chi connectivity index (χ4v) is 2.17. The Morgan fingerprint density at radius 1 is 0.958 bits per heavy atom. The molecular formula is C19H12N4O. The van der Waals surface area contributed by atoms with E-state index in [-0.39, 0.29) is 17.1 Å². The SMILES string of the molecule is CC(=O)c1cccc(-c2ccccc2NC(C#N)=C(C#N)C#N)c1. The molecule has 1 N–H and O–H groups in total. The standard InChI is InChI=1S/C19H12N4O/c1-13(24)14-5-4-6-15(9-14)17-7-2-3-8-18(17)23-19(12-22)16(10-20)11-21/h2-9,23H,1H3. The topological polar surface area (TPSA) is 100 Å². The maximum Gasteiger partial charge on any atom is 0.163 e. The molecule has 0 aliphatic heterocycles. The van der Waals surface area contributed by atoms with Crippen LogP contribution in [0.15, 0.2) is 59.8 Å². The summed E-state index contributed by atoms with van der Waals surface area (Å²) in [7, 11) is 0. The van der Waals surface area contributed by atoms with Gasteiger partial charge in [0.2, 0.25) is 0 Å². The summed E-state index contributed by atoms with van der Waals surface area (Å²) in [5.41, 5.74) is 2.29. The molecular weight excluding hydrogens is 300 g/mol. The molecule has 0 fully saturated rings. The molecule has 0 unspecified atom stereocenters. The zero-order valence-electron chi connectivity index (χ0n) is 12.9.